The summed E-state index contributed by atoms with van der Waals surface area (Å²) in [6.45, 7) is 0. The molecule has 0 saturated carbocycles. The highest BCUT2D eigenvalue weighted by molar-refractivity contribution is 9.09. The number of halogens is 1. The van der Waals surface area contributed by atoms with Crippen LogP contribution < -0.4 is 10.6 Å². The standard InChI is InChI=1S/C17H14BrP/c18-16-12-7-13-17(16)19(14-8-3-1-4-9-14)15-10-5-2-6-11-15/h1-13,16H. The van der Waals surface area contributed by atoms with Gasteiger partial charge in [0.15, 0.2) is 0 Å². The Bertz CT molecular complexity index is 562. The van der Waals surface area contributed by atoms with Gasteiger partial charge in [0.05, 0.1) is 4.83 Å². The quantitative estimate of drug-likeness (QED) is 0.581. The summed E-state index contributed by atoms with van der Waals surface area (Å²) in [5.41, 5.74) is 0. The lowest BCUT2D eigenvalue weighted by atomic mass is 10.4. The number of hydrogen-bond acceptors (Lipinski definition) is 0. The van der Waals surface area contributed by atoms with E-state index in [1.54, 1.807) is 0 Å². The van der Waals surface area contributed by atoms with E-state index in [9.17, 15) is 0 Å². The lowest BCUT2D eigenvalue weighted by molar-refractivity contribution is 1.46. The summed E-state index contributed by atoms with van der Waals surface area (Å²) in [7, 11) is -0.440. The SMILES string of the molecule is BrC1C=CC=C1P(c1ccccc1)c1ccccc1. The molecule has 0 amide bonds. The van der Waals surface area contributed by atoms with Crippen LogP contribution in [0.5, 0.6) is 0 Å². The first kappa shape index (κ1) is 12.8. The van der Waals surface area contributed by atoms with Crippen LogP contribution in [0, 0.1) is 0 Å². The minimum atomic E-state index is -0.440. The van der Waals surface area contributed by atoms with Crippen molar-refractivity contribution in [2.45, 2.75) is 4.83 Å². The second-order valence-electron chi connectivity index (χ2n) is 4.38. The second kappa shape index (κ2) is 5.86. The fourth-order valence-corrected chi connectivity index (χ4v) is 5.59. The molecule has 0 nitrogen and oxygen atoms in total. The molecule has 19 heavy (non-hydrogen) atoms. The Balaban J connectivity index is 2.07. The summed E-state index contributed by atoms with van der Waals surface area (Å²) < 4.78 is 0. The Kier molecular flexibility index (Phi) is 3.96. The Labute approximate surface area is 123 Å². The van der Waals surface area contributed by atoms with Crippen LogP contribution in [0.15, 0.2) is 84.2 Å². The van der Waals surface area contributed by atoms with Crippen LogP contribution in [0.25, 0.3) is 0 Å². The van der Waals surface area contributed by atoms with E-state index < -0.39 is 7.92 Å². The van der Waals surface area contributed by atoms with Gasteiger partial charge < -0.3 is 0 Å². The van der Waals surface area contributed by atoms with E-state index in [0.29, 0.717) is 4.83 Å². The van der Waals surface area contributed by atoms with E-state index in [1.165, 1.54) is 15.9 Å². The molecule has 1 aliphatic rings. The predicted octanol–water partition coefficient (Wildman–Crippen LogP) is 4.34. The van der Waals surface area contributed by atoms with Crippen LogP contribution in [0.4, 0.5) is 0 Å². The molecule has 1 atom stereocenters. The van der Waals surface area contributed by atoms with Crippen molar-refractivity contribution < 1.29 is 0 Å². The van der Waals surface area contributed by atoms with E-state index in [1.807, 2.05) is 0 Å². The number of rotatable bonds is 3. The summed E-state index contributed by atoms with van der Waals surface area (Å²) in [6, 6.07) is 21.6. The maximum atomic E-state index is 3.76. The fraction of sp³-hybridized carbons (Fsp3) is 0.0588. The molecule has 94 valence electrons. The lowest BCUT2D eigenvalue weighted by Crippen LogP contribution is -2.15. The number of benzene rings is 2. The summed E-state index contributed by atoms with van der Waals surface area (Å²) in [5, 5.41) is 4.28. The summed E-state index contributed by atoms with van der Waals surface area (Å²) >= 11 is 3.76. The molecule has 1 unspecified atom stereocenters. The summed E-state index contributed by atoms with van der Waals surface area (Å²) in [5.74, 6) is 0. The van der Waals surface area contributed by atoms with E-state index in [2.05, 4.69) is 94.8 Å². The smallest absolute Gasteiger partial charge is 0.0588 e. The number of alkyl halides is 1. The van der Waals surface area contributed by atoms with Crippen LogP contribution in [-0.2, 0) is 0 Å². The average Bonchev–Trinajstić information content (AvgIpc) is 2.88. The van der Waals surface area contributed by atoms with Crippen molar-refractivity contribution in [3.63, 3.8) is 0 Å². The molecule has 0 bridgehead atoms. The third-order valence-corrected chi connectivity index (χ3v) is 6.84. The molecule has 0 heterocycles. The largest absolute Gasteiger partial charge is 0.0792 e. The van der Waals surface area contributed by atoms with Crippen molar-refractivity contribution in [1.82, 2.24) is 0 Å². The predicted molar refractivity (Wildman–Crippen MR) is 89.0 cm³/mol. The first-order valence-corrected chi connectivity index (χ1v) is 8.55. The molecule has 2 heteroatoms. The molecule has 0 saturated heterocycles. The van der Waals surface area contributed by atoms with Crippen molar-refractivity contribution in [3.05, 3.63) is 84.2 Å². The van der Waals surface area contributed by atoms with Gasteiger partial charge in [0.25, 0.3) is 0 Å². The summed E-state index contributed by atoms with van der Waals surface area (Å²) in [4.78, 5) is 0.360. The molecule has 1 aliphatic carbocycles. The van der Waals surface area contributed by atoms with Gasteiger partial charge in [-0.2, -0.15) is 0 Å². The lowest BCUT2D eigenvalue weighted by Gasteiger charge is -2.22. The molecule has 3 rings (SSSR count). The van der Waals surface area contributed by atoms with Gasteiger partial charge in [-0.1, -0.05) is 94.8 Å². The van der Waals surface area contributed by atoms with Gasteiger partial charge in [0.2, 0.25) is 0 Å². The van der Waals surface area contributed by atoms with E-state index >= 15 is 0 Å². The highest BCUT2D eigenvalue weighted by Crippen LogP contribution is 2.48. The maximum absolute atomic E-state index is 3.76. The number of hydrogen-bond donors (Lipinski definition) is 0. The monoisotopic (exact) mass is 328 g/mol. The van der Waals surface area contributed by atoms with Gasteiger partial charge in [-0.25, -0.2) is 0 Å². The minimum Gasteiger partial charge on any atom is -0.0792 e. The molecule has 0 N–H and O–H groups in total. The molecule has 0 aromatic heterocycles. The Hall–Kier alpha value is -1.17. The van der Waals surface area contributed by atoms with Gasteiger partial charge in [-0.3, -0.25) is 0 Å². The second-order valence-corrected chi connectivity index (χ2v) is 7.59. The highest BCUT2D eigenvalue weighted by atomic mass is 79.9. The first-order valence-electron chi connectivity index (χ1n) is 6.29. The van der Waals surface area contributed by atoms with Crippen molar-refractivity contribution in [2.75, 3.05) is 0 Å². The maximum Gasteiger partial charge on any atom is 0.0588 e. The fourth-order valence-electron chi connectivity index (χ4n) is 2.24. The normalized spacial score (nSPS) is 17.8. The molecule has 0 aliphatic heterocycles. The third kappa shape index (κ3) is 2.73. The minimum absolute atomic E-state index is 0.360. The molecule has 0 fully saturated rings. The molecular formula is C17H14BrP. The molecule has 2 aromatic rings. The topological polar surface area (TPSA) is 0 Å². The molecule has 2 aromatic carbocycles. The van der Waals surface area contributed by atoms with Gasteiger partial charge >= 0.3 is 0 Å². The highest BCUT2D eigenvalue weighted by Gasteiger charge is 2.24. The van der Waals surface area contributed by atoms with Crippen LogP contribution in [-0.4, -0.2) is 4.83 Å². The zero-order valence-electron chi connectivity index (χ0n) is 10.4. The van der Waals surface area contributed by atoms with Crippen molar-refractivity contribution in [3.8, 4) is 0 Å². The van der Waals surface area contributed by atoms with Gasteiger partial charge in [-0.15, -0.1) is 0 Å². The van der Waals surface area contributed by atoms with E-state index in [-0.39, 0.29) is 0 Å². The van der Waals surface area contributed by atoms with Crippen LogP contribution in [0.3, 0.4) is 0 Å². The molecule has 0 radical (unpaired) electrons. The van der Waals surface area contributed by atoms with Crippen LogP contribution in [0.1, 0.15) is 0 Å². The first-order chi connectivity index (χ1) is 9.36. The zero-order chi connectivity index (χ0) is 13.1. The van der Waals surface area contributed by atoms with Crippen LogP contribution >= 0.6 is 23.9 Å². The van der Waals surface area contributed by atoms with Gasteiger partial charge in [0, 0.05) is 0 Å². The van der Waals surface area contributed by atoms with E-state index in [4.69, 9.17) is 0 Å². The average molecular weight is 329 g/mol. The molecule has 0 spiro atoms. The Morgan fingerprint density at radius 2 is 1.32 bits per heavy atom. The molecular weight excluding hydrogens is 315 g/mol. The number of allylic oxidation sites excluding steroid dienone is 4. The van der Waals surface area contributed by atoms with Crippen molar-refractivity contribution in [1.29, 1.82) is 0 Å². The zero-order valence-corrected chi connectivity index (χ0v) is 12.9. The van der Waals surface area contributed by atoms with E-state index in [0.717, 1.165) is 0 Å². The van der Waals surface area contributed by atoms with Crippen LogP contribution in [0.2, 0.25) is 0 Å². The van der Waals surface area contributed by atoms with Gasteiger partial charge in [-0.05, 0) is 23.8 Å². The summed E-state index contributed by atoms with van der Waals surface area (Å²) in [6.07, 6.45) is 6.61. The van der Waals surface area contributed by atoms with Gasteiger partial charge in [0.1, 0.15) is 0 Å². The van der Waals surface area contributed by atoms with Crippen molar-refractivity contribution >= 4 is 34.5 Å². The Morgan fingerprint density at radius 3 is 1.74 bits per heavy atom. The van der Waals surface area contributed by atoms with Crippen molar-refractivity contribution in [2.24, 2.45) is 0 Å². The third-order valence-electron chi connectivity index (χ3n) is 3.12. The Morgan fingerprint density at radius 1 is 0.789 bits per heavy atom.